The first-order valence-electron chi connectivity index (χ1n) is 9.62. The Morgan fingerprint density at radius 1 is 1.24 bits per heavy atom. The fourth-order valence-corrected chi connectivity index (χ4v) is 6.43. The molecule has 7 nitrogen and oxygen atoms in total. The molecule has 1 aromatic heterocycles. The summed E-state index contributed by atoms with van der Waals surface area (Å²) < 4.78 is 39.0. The highest BCUT2D eigenvalue weighted by atomic mass is 32.2. The number of sulfonamides is 1. The minimum absolute atomic E-state index is 0.0569. The van der Waals surface area contributed by atoms with Crippen LogP contribution in [0.3, 0.4) is 0 Å². The minimum atomic E-state index is -3.54. The van der Waals surface area contributed by atoms with Crippen molar-refractivity contribution in [1.82, 2.24) is 9.21 Å². The molecule has 0 radical (unpaired) electrons. The van der Waals surface area contributed by atoms with Gasteiger partial charge in [0.25, 0.3) is 10.0 Å². The van der Waals surface area contributed by atoms with E-state index in [-0.39, 0.29) is 24.5 Å². The summed E-state index contributed by atoms with van der Waals surface area (Å²) in [6.45, 7) is 1.43. The molecule has 4 rings (SSSR count). The van der Waals surface area contributed by atoms with Crippen LogP contribution in [0, 0.1) is 5.92 Å². The van der Waals surface area contributed by atoms with E-state index in [2.05, 4.69) is 0 Å². The van der Waals surface area contributed by atoms with E-state index < -0.39 is 10.0 Å². The van der Waals surface area contributed by atoms with Crippen molar-refractivity contribution >= 4 is 27.3 Å². The summed E-state index contributed by atoms with van der Waals surface area (Å²) in [6.07, 6.45) is 1.10. The molecule has 1 fully saturated rings. The molecule has 0 saturated carbocycles. The standard InChI is InChI=1S/C20H24N2O5S2/c1-21(13-16-14-26-17-7-2-3-8-18(17)27-16)20(23)15-6-4-10-22(12-15)29(24,25)19-9-5-11-28-19/h2-3,5,7-9,11,15-16H,4,6,10,12-14H2,1H3/t15-,16-/m1/s1. The Hall–Kier alpha value is -2.10. The van der Waals surface area contributed by atoms with Crippen LogP contribution in [0.15, 0.2) is 46.0 Å². The molecule has 2 aliphatic heterocycles. The van der Waals surface area contributed by atoms with Gasteiger partial charge in [-0.25, -0.2) is 8.42 Å². The Morgan fingerprint density at radius 2 is 2.03 bits per heavy atom. The predicted molar refractivity (Wildman–Crippen MR) is 110 cm³/mol. The van der Waals surface area contributed by atoms with E-state index in [1.54, 1.807) is 29.5 Å². The van der Waals surface area contributed by atoms with Crippen molar-refractivity contribution in [2.24, 2.45) is 5.92 Å². The predicted octanol–water partition coefficient (Wildman–Crippen LogP) is 2.45. The maximum absolute atomic E-state index is 13.0. The van der Waals surface area contributed by atoms with Crippen LogP contribution >= 0.6 is 11.3 Å². The number of carbonyl (C=O) groups is 1. The number of ether oxygens (including phenoxy) is 2. The van der Waals surface area contributed by atoms with Crippen LogP contribution in [0.1, 0.15) is 12.8 Å². The van der Waals surface area contributed by atoms with Gasteiger partial charge in [0, 0.05) is 20.1 Å². The molecule has 2 atom stereocenters. The van der Waals surface area contributed by atoms with Gasteiger partial charge in [0.15, 0.2) is 17.6 Å². The van der Waals surface area contributed by atoms with E-state index in [9.17, 15) is 13.2 Å². The Labute approximate surface area is 174 Å². The van der Waals surface area contributed by atoms with E-state index in [0.29, 0.717) is 48.2 Å². The van der Waals surface area contributed by atoms with E-state index in [1.165, 1.54) is 15.6 Å². The molecular formula is C20H24N2O5S2. The molecule has 156 valence electrons. The number of amides is 1. The molecule has 0 bridgehead atoms. The summed E-state index contributed by atoms with van der Waals surface area (Å²) in [4.78, 5) is 14.6. The summed E-state index contributed by atoms with van der Waals surface area (Å²) in [5.74, 6) is 0.980. The zero-order valence-corrected chi connectivity index (χ0v) is 17.8. The molecule has 0 N–H and O–H groups in total. The molecule has 3 heterocycles. The van der Waals surface area contributed by atoms with Crippen LogP contribution in [0.2, 0.25) is 0 Å². The second kappa shape index (κ2) is 8.33. The monoisotopic (exact) mass is 436 g/mol. The Bertz CT molecular complexity index is 961. The number of hydrogen-bond donors (Lipinski definition) is 0. The lowest BCUT2D eigenvalue weighted by Gasteiger charge is -2.34. The van der Waals surface area contributed by atoms with Gasteiger partial charge < -0.3 is 14.4 Å². The lowest BCUT2D eigenvalue weighted by Crippen LogP contribution is -2.48. The topological polar surface area (TPSA) is 76.2 Å². The molecule has 0 spiro atoms. The van der Waals surface area contributed by atoms with Crippen molar-refractivity contribution in [3.05, 3.63) is 41.8 Å². The quantitative estimate of drug-likeness (QED) is 0.720. The zero-order chi connectivity index (χ0) is 20.4. The summed E-state index contributed by atoms with van der Waals surface area (Å²) in [7, 11) is -1.80. The van der Waals surface area contributed by atoms with Crippen molar-refractivity contribution in [1.29, 1.82) is 0 Å². The molecule has 1 saturated heterocycles. The fraction of sp³-hybridized carbons (Fsp3) is 0.450. The lowest BCUT2D eigenvalue weighted by molar-refractivity contribution is -0.136. The largest absolute Gasteiger partial charge is 0.486 e. The van der Waals surface area contributed by atoms with E-state index in [1.807, 2.05) is 24.3 Å². The molecule has 1 amide bonds. The summed E-state index contributed by atoms with van der Waals surface area (Å²) in [6, 6.07) is 10.8. The van der Waals surface area contributed by atoms with Gasteiger partial charge in [-0.3, -0.25) is 4.79 Å². The van der Waals surface area contributed by atoms with E-state index >= 15 is 0 Å². The average molecular weight is 437 g/mol. The molecule has 0 unspecified atom stereocenters. The van der Waals surface area contributed by atoms with Gasteiger partial charge in [0.05, 0.1) is 12.5 Å². The average Bonchev–Trinajstić information content (AvgIpc) is 3.29. The number of thiophene rings is 1. The molecule has 1 aromatic carbocycles. The SMILES string of the molecule is CN(C[C@@H]1COc2ccccc2O1)C(=O)[C@@H]1CCCN(S(=O)(=O)c2cccs2)C1. The highest BCUT2D eigenvalue weighted by Crippen LogP contribution is 2.31. The van der Waals surface area contributed by atoms with Crippen molar-refractivity contribution in [3.8, 4) is 11.5 Å². The van der Waals surface area contributed by atoms with E-state index in [4.69, 9.17) is 9.47 Å². The highest BCUT2D eigenvalue weighted by Gasteiger charge is 2.35. The zero-order valence-electron chi connectivity index (χ0n) is 16.2. The fourth-order valence-electron chi connectivity index (χ4n) is 3.76. The summed E-state index contributed by atoms with van der Waals surface area (Å²) >= 11 is 1.20. The number of likely N-dealkylation sites (N-methyl/N-ethyl adjacent to an activating group) is 1. The molecular weight excluding hydrogens is 412 g/mol. The van der Waals surface area contributed by atoms with Gasteiger partial charge in [-0.15, -0.1) is 11.3 Å². The van der Waals surface area contributed by atoms with Crippen molar-refractivity contribution in [2.75, 3.05) is 33.3 Å². The Kier molecular flexibility index (Phi) is 5.80. The van der Waals surface area contributed by atoms with Crippen LogP contribution in [0.5, 0.6) is 11.5 Å². The molecule has 29 heavy (non-hydrogen) atoms. The van der Waals surface area contributed by atoms with Gasteiger partial charge in [-0.05, 0) is 36.4 Å². The van der Waals surface area contributed by atoms with Crippen LogP contribution in [-0.2, 0) is 14.8 Å². The van der Waals surface area contributed by atoms with Gasteiger partial charge >= 0.3 is 0 Å². The number of piperidine rings is 1. The first-order chi connectivity index (χ1) is 13.9. The second-order valence-corrected chi connectivity index (χ2v) is 10.5. The molecule has 2 aliphatic rings. The normalized spacial score (nSPS) is 22.2. The van der Waals surface area contributed by atoms with Crippen LogP contribution in [0.4, 0.5) is 0 Å². The smallest absolute Gasteiger partial charge is 0.252 e. The first-order valence-corrected chi connectivity index (χ1v) is 11.9. The molecule has 0 aliphatic carbocycles. The van der Waals surface area contributed by atoms with Crippen LogP contribution in [-0.4, -0.2) is 62.9 Å². The summed E-state index contributed by atoms with van der Waals surface area (Å²) in [5, 5.41) is 1.75. The minimum Gasteiger partial charge on any atom is -0.486 e. The Morgan fingerprint density at radius 3 is 2.79 bits per heavy atom. The van der Waals surface area contributed by atoms with Crippen molar-refractivity contribution in [2.45, 2.75) is 23.2 Å². The second-order valence-electron chi connectivity index (χ2n) is 7.35. The van der Waals surface area contributed by atoms with Gasteiger partial charge in [-0.1, -0.05) is 18.2 Å². The number of rotatable bonds is 5. The van der Waals surface area contributed by atoms with Crippen molar-refractivity contribution in [3.63, 3.8) is 0 Å². The Balaban J connectivity index is 1.38. The third-order valence-electron chi connectivity index (χ3n) is 5.24. The highest BCUT2D eigenvalue weighted by molar-refractivity contribution is 7.91. The van der Waals surface area contributed by atoms with E-state index in [0.717, 1.165) is 0 Å². The maximum Gasteiger partial charge on any atom is 0.252 e. The summed E-state index contributed by atoms with van der Waals surface area (Å²) in [5.41, 5.74) is 0. The third-order valence-corrected chi connectivity index (χ3v) is 8.48. The van der Waals surface area contributed by atoms with Crippen LogP contribution < -0.4 is 9.47 Å². The molecule has 9 heteroatoms. The number of fused-ring (bicyclic) bond motifs is 1. The lowest BCUT2D eigenvalue weighted by atomic mass is 9.98. The van der Waals surface area contributed by atoms with Gasteiger partial charge in [-0.2, -0.15) is 4.31 Å². The number of nitrogens with zero attached hydrogens (tertiary/aromatic N) is 2. The molecule has 2 aromatic rings. The van der Waals surface area contributed by atoms with Gasteiger partial charge in [0.2, 0.25) is 5.91 Å². The first kappa shape index (κ1) is 20.2. The van der Waals surface area contributed by atoms with Gasteiger partial charge in [0.1, 0.15) is 10.8 Å². The maximum atomic E-state index is 13.0. The number of hydrogen-bond acceptors (Lipinski definition) is 6. The third kappa shape index (κ3) is 4.26. The number of carbonyl (C=O) groups excluding carboxylic acids is 1. The van der Waals surface area contributed by atoms with Crippen molar-refractivity contribution < 1.29 is 22.7 Å². The number of benzene rings is 1. The number of para-hydroxylation sites is 2. The van der Waals surface area contributed by atoms with Crippen LogP contribution in [0.25, 0.3) is 0 Å².